The van der Waals surface area contributed by atoms with E-state index in [1.165, 1.54) is 16.8 Å². The zero-order valence-corrected chi connectivity index (χ0v) is 34.4. The van der Waals surface area contributed by atoms with Crippen molar-refractivity contribution in [3.63, 3.8) is 0 Å². The van der Waals surface area contributed by atoms with Crippen LogP contribution in [0.5, 0.6) is 11.5 Å². The third-order valence-electron chi connectivity index (χ3n) is 9.52. The van der Waals surface area contributed by atoms with Gasteiger partial charge in [0.2, 0.25) is 0 Å². The normalized spacial score (nSPS) is 18.9. The molecule has 0 amide bonds. The Morgan fingerprint density at radius 2 is 1.42 bits per heavy atom. The third kappa shape index (κ3) is 10.4. The van der Waals surface area contributed by atoms with Gasteiger partial charge >= 0.3 is 5.69 Å². The molecule has 0 radical (unpaired) electrons. The highest BCUT2D eigenvalue weighted by atomic mass is 31.2. The van der Waals surface area contributed by atoms with Crippen LogP contribution in [0.15, 0.2) is 101 Å². The van der Waals surface area contributed by atoms with Gasteiger partial charge in [-0.3, -0.25) is 14.3 Å². The number of rotatable bonds is 21. The Morgan fingerprint density at radius 3 is 1.95 bits per heavy atom. The second-order valence-electron chi connectivity index (χ2n) is 13.8. The van der Waals surface area contributed by atoms with Crippen molar-refractivity contribution >= 4 is 8.53 Å². The van der Waals surface area contributed by atoms with Crippen molar-refractivity contribution in [1.82, 2.24) is 14.2 Å². The number of hydrogen-bond donors (Lipinski definition) is 1. The highest BCUT2D eigenvalue weighted by molar-refractivity contribution is 7.44. The SMILES string of the molecule is COCCO[C@@H]1C(OP(OCCC#N)N(C(C)C)C(C)C)[C@H](n2ccc(=O)[nH]c2=O)O[C@@H]1COC(c1ccccc1)(c1ccc(OC)cc1)c1ccc(OC)cc1. The van der Waals surface area contributed by atoms with E-state index in [9.17, 15) is 14.9 Å². The van der Waals surface area contributed by atoms with E-state index < -0.39 is 49.9 Å². The number of nitrogens with zero attached hydrogens (tertiary/aromatic N) is 3. The molecule has 5 rings (SSSR count). The summed E-state index contributed by atoms with van der Waals surface area (Å²) in [6.45, 7) is 8.64. The van der Waals surface area contributed by atoms with Gasteiger partial charge in [0.25, 0.3) is 14.1 Å². The first-order valence-electron chi connectivity index (χ1n) is 18.9. The van der Waals surface area contributed by atoms with E-state index in [1.807, 2.05) is 107 Å². The molecule has 1 aliphatic rings. The van der Waals surface area contributed by atoms with E-state index in [0.29, 0.717) is 11.5 Å². The van der Waals surface area contributed by atoms with E-state index in [0.717, 1.165) is 16.7 Å². The van der Waals surface area contributed by atoms with Crippen molar-refractivity contribution in [3.8, 4) is 17.6 Å². The average Bonchev–Trinajstić information content (AvgIpc) is 3.54. The second kappa shape index (κ2) is 20.8. The van der Waals surface area contributed by atoms with Crippen LogP contribution in [0.2, 0.25) is 0 Å². The molecule has 4 aromatic rings. The lowest BCUT2D eigenvalue weighted by Crippen LogP contribution is -2.43. The molecule has 2 heterocycles. The van der Waals surface area contributed by atoms with Gasteiger partial charge in [-0.25, -0.2) is 9.46 Å². The maximum atomic E-state index is 13.5. The van der Waals surface area contributed by atoms with E-state index in [2.05, 4.69) is 15.7 Å². The summed E-state index contributed by atoms with van der Waals surface area (Å²) in [5.74, 6) is 1.36. The van der Waals surface area contributed by atoms with Gasteiger partial charge in [0, 0.05) is 31.5 Å². The summed E-state index contributed by atoms with van der Waals surface area (Å²) in [5, 5.41) is 9.36. The molecule has 0 aliphatic carbocycles. The van der Waals surface area contributed by atoms with Gasteiger partial charge in [-0.15, -0.1) is 0 Å². The second-order valence-corrected chi connectivity index (χ2v) is 15.2. The van der Waals surface area contributed by atoms with Crippen LogP contribution >= 0.6 is 8.53 Å². The minimum absolute atomic E-state index is 0.0118. The summed E-state index contributed by atoms with van der Waals surface area (Å²) in [7, 11) is 2.98. The Kier molecular flexibility index (Phi) is 16.0. The van der Waals surface area contributed by atoms with Crippen LogP contribution in [0.4, 0.5) is 0 Å². The Bertz CT molecular complexity index is 1930. The molecule has 15 heteroatoms. The maximum Gasteiger partial charge on any atom is 0.330 e. The van der Waals surface area contributed by atoms with Crippen LogP contribution < -0.4 is 20.7 Å². The number of H-pyrrole nitrogens is 1. The molecule has 5 atom stereocenters. The summed E-state index contributed by atoms with van der Waals surface area (Å²) in [5.41, 5.74) is 0.0362. The molecule has 306 valence electrons. The van der Waals surface area contributed by atoms with E-state index in [4.69, 9.17) is 37.5 Å². The first-order chi connectivity index (χ1) is 27.6. The Balaban J connectivity index is 1.65. The molecule has 1 fully saturated rings. The molecule has 1 aliphatic heterocycles. The van der Waals surface area contributed by atoms with Crippen molar-refractivity contribution < 1.29 is 37.5 Å². The largest absolute Gasteiger partial charge is 0.497 e. The van der Waals surface area contributed by atoms with Gasteiger partial charge in [-0.1, -0.05) is 54.6 Å². The number of ether oxygens (including phenoxy) is 6. The third-order valence-corrected chi connectivity index (χ3v) is 11.6. The Labute approximate surface area is 335 Å². The lowest BCUT2D eigenvalue weighted by Gasteiger charge is -2.38. The maximum absolute atomic E-state index is 13.5. The van der Waals surface area contributed by atoms with E-state index in [-0.39, 0.29) is 44.9 Å². The Morgan fingerprint density at radius 1 is 0.825 bits per heavy atom. The van der Waals surface area contributed by atoms with E-state index in [1.54, 1.807) is 21.3 Å². The molecule has 14 nitrogen and oxygen atoms in total. The molecular weight excluding hydrogens is 751 g/mol. The molecule has 0 spiro atoms. The fourth-order valence-corrected chi connectivity index (χ4v) is 8.69. The summed E-state index contributed by atoms with van der Waals surface area (Å²) >= 11 is 0. The molecule has 57 heavy (non-hydrogen) atoms. The average molecular weight is 805 g/mol. The van der Waals surface area contributed by atoms with Gasteiger partial charge in [0.15, 0.2) is 6.23 Å². The first-order valence-corrected chi connectivity index (χ1v) is 20.0. The Hall–Kier alpha value is -4.42. The van der Waals surface area contributed by atoms with Gasteiger partial charge < -0.3 is 37.5 Å². The summed E-state index contributed by atoms with van der Waals surface area (Å²) in [6, 6.07) is 28.6. The number of methoxy groups -OCH3 is 3. The number of aromatic nitrogens is 2. The van der Waals surface area contributed by atoms with Crippen LogP contribution in [0, 0.1) is 11.3 Å². The lowest BCUT2D eigenvalue weighted by molar-refractivity contribution is -0.107. The van der Waals surface area contributed by atoms with Gasteiger partial charge in [-0.05, 0) is 68.7 Å². The predicted octanol–water partition coefficient (Wildman–Crippen LogP) is 6.15. The summed E-state index contributed by atoms with van der Waals surface area (Å²) in [6.07, 6.45) is -2.19. The highest BCUT2D eigenvalue weighted by Gasteiger charge is 2.51. The monoisotopic (exact) mass is 804 g/mol. The number of hydrogen-bond acceptors (Lipinski definition) is 12. The highest BCUT2D eigenvalue weighted by Crippen LogP contribution is 2.51. The molecule has 1 aromatic heterocycles. The van der Waals surface area contributed by atoms with Crippen molar-refractivity contribution in [2.24, 2.45) is 0 Å². The number of benzene rings is 3. The number of aromatic amines is 1. The molecule has 3 aromatic carbocycles. The van der Waals surface area contributed by atoms with Crippen LogP contribution in [0.25, 0.3) is 0 Å². The number of nitrogens with one attached hydrogen (secondary N) is 1. The summed E-state index contributed by atoms with van der Waals surface area (Å²) in [4.78, 5) is 28.0. The molecular formula is C42H53N4O10P. The fraction of sp³-hybridized carbons (Fsp3) is 0.452. The zero-order valence-electron chi connectivity index (χ0n) is 33.5. The quantitative estimate of drug-likeness (QED) is 0.0583. The fourth-order valence-electron chi connectivity index (χ4n) is 6.96. The van der Waals surface area contributed by atoms with Crippen LogP contribution in [-0.4, -0.2) is 92.4 Å². The molecule has 0 saturated carbocycles. The van der Waals surface area contributed by atoms with Crippen LogP contribution in [-0.2, 0) is 33.6 Å². The van der Waals surface area contributed by atoms with Crippen LogP contribution in [0.3, 0.4) is 0 Å². The topological polar surface area (TPSA) is 156 Å². The molecule has 2 unspecified atom stereocenters. The minimum Gasteiger partial charge on any atom is -0.497 e. The van der Waals surface area contributed by atoms with Crippen molar-refractivity contribution in [3.05, 3.63) is 129 Å². The van der Waals surface area contributed by atoms with Crippen molar-refractivity contribution in [2.45, 2.75) is 76.3 Å². The zero-order chi connectivity index (χ0) is 41.0. The standard InChI is InChI=1S/C42H53N4O10P/c1-29(2)46(30(3)4)57(54-25-11-23-43)56-39-38(52-27-26-49-5)36(55-40(39)45-24-22-37(47)44-41(45)48)28-53-42(31-12-9-8-10-13-31,32-14-18-34(50-6)19-15-32)33-16-20-35(51-7)21-17-33/h8-10,12-22,24,29-30,36,38-40H,11,25-28H2,1-7H3,(H,44,47,48)/t36-,38+,39?,40-,57?/m1/s1. The first kappa shape index (κ1) is 43.7. The predicted molar refractivity (Wildman–Crippen MR) is 215 cm³/mol. The van der Waals surface area contributed by atoms with E-state index >= 15 is 0 Å². The van der Waals surface area contributed by atoms with Gasteiger partial charge in [-0.2, -0.15) is 5.26 Å². The lowest BCUT2D eigenvalue weighted by atomic mass is 9.80. The summed E-state index contributed by atoms with van der Waals surface area (Å²) < 4.78 is 53.7. The van der Waals surface area contributed by atoms with Gasteiger partial charge in [0.05, 0.1) is 53.1 Å². The molecule has 1 N–H and O–H groups in total. The van der Waals surface area contributed by atoms with Crippen molar-refractivity contribution in [2.75, 3.05) is 47.8 Å². The van der Waals surface area contributed by atoms with Crippen molar-refractivity contribution in [1.29, 1.82) is 5.26 Å². The smallest absolute Gasteiger partial charge is 0.330 e. The van der Waals surface area contributed by atoms with Gasteiger partial charge in [0.1, 0.15) is 35.4 Å². The number of nitriles is 1. The molecule has 0 bridgehead atoms. The van der Waals surface area contributed by atoms with Crippen LogP contribution in [0.1, 0.15) is 57.0 Å². The molecule has 1 saturated heterocycles. The minimum atomic E-state index is -1.83.